The smallest absolute Gasteiger partial charge is 0.251 e. The number of benzene rings is 1. The lowest BCUT2D eigenvalue weighted by Gasteiger charge is -2.04. The fraction of sp³-hybridized carbons (Fsp3) is 0.0833. The van der Waals surface area contributed by atoms with Gasteiger partial charge in [-0.1, -0.05) is 17.7 Å². The van der Waals surface area contributed by atoms with Crippen LogP contribution in [0.4, 0.5) is 0 Å². The maximum Gasteiger partial charge on any atom is 0.251 e. The molecule has 0 aliphatic rings. The Morgan fingerprint density at radius 1 is 1.41 bits per heavy atom. The molecule has 0 bridgehead atoms. The molecule has 0 spiro atoms. The standard InChI is InChI=1S/C12H10ClNO2S/c13-10-6-8(3-4-11(10)15)12(16)14-7-9-2-1-5-17-9/h1-6,15H,7H2,(H,14,16). The first-order valence-electron chi connectivity index (χ1n) is 4.96. The zero-order valence-corrected chi connectivity index (χ0v) is 10.4. The van der Waals surface area contributed by atoms with Gasteiger partial charge in [0.05, 0.1) is 11.6 Å². The molecule has 5 heteroatoms. The summed E-state index contributed by atoms with van der Waals surface area (Å²) < 4.78 is 0. The van der Waals surface area contributed by atoms with Crippen LogP contribution in [-0.4, -0.2) is 11.0 Å². The molecule has 0 saturated carbocycles. The molecule has 0 unspecified atom stereocenters. The molecule has 2 aromatic rings. The van der Waals surface area contributed by atoms with Crippen LogP contribution in [0.5, 0.6) is 5.75 Å². The second-order valence-corrected chi connectivity index (χ2v) is 4.87. The van der Waals surface area contributed by atoms with Crippen LogP contribution in [0, 0.1) is 0 Å². The lowest BCUT2D eigenvalue weighted by atomic mass is 10.2. The summed E-state index contributed by atoms with van der Waals surface area (Å²) in [4.78, 5) is 12.8. The van der Waals surface area contributed by atoms with E-state index in [9.17, 15) is 9.90 Å². The van der Waals surface area contributed by atoms with Crippen molar-refractivity contribution in [1.29, 1.82) is 0 Å². The largest absolute Gasteiger partial charge is 0.506 e. The number of hydrogen-bond donors (Lipinski definition) is 2. The van der Waals surface area contributed by atoms with Gasteiger partial charge < -0.3 is 10.4 Å². The minimum atomic E-state index is -0.208. The molecule has 0 fully saturated rings. The first-order chi connectivity index (χ1) is 8.16. The molecule has 0 aliphatic carbocycles. The van der Waals surface area contributed by atoms with Crippen LogP contribution >= 0.6 is 22.9 Å². The fourth-order valence-corrected chi connectivity index (χ4v) is 2.16. The first-order valence-corrected chi connectivity index (χ1v) is 6.21. The molecule has 0 saturated heterocycles. The maximum atomic E-state index is 11.8. The zero-order valence-electron chi connectivity index (χ0n) is 8.81. The number of amides is 1. The number of phenols is 1. The summed E-state index contributed by atoms with van der Waals surface area (Å²) >= 11 is 7.31. The Labute approximate surface area is 108 Å². The number of thiophene rings is 1. The second-order valence-electron chi connectivity index (χ2n) is 3.43. The topological polar surface area (TPSA) is 49.3 Å². The van der Waals surface area contributed by atoms with Crippen molar-refractivity contribution in [1.82, 2.24) is 5.32 Å². The molecule has 0 atom stereocenters. The zero-order chi connectivity index (χ0) is 12.3. The Morgan fingerprint density at radius 2 is 2.24 bits per heavy atom. The molecule has 3 nitrogen and oxygen atoms in total. The van der Waals surface area contributed by atoms with E-state index in [4.69, 9.17) is 11.6 Å². The van der Waals surface area contributed by atoms with Crippen LogP contribution in [-0.2, 0) is 6.54 Å². The summed E-state index contributed by atoms with van der Waals surface area (Å²) in [7, 11) is 0. The Morgan fingerprint density at radius 3 is 2.88 bits per heavy atom. The van der Waals surface area contributed by atoms with Crippen LogP contribution < -0.4 is 5.32 Å². The van der Waals surface area contributed by atoms with Gasteiger partial charge in [0.1, 0.15) is 5.75 Å². The van der Waals surface area contributed by atoms with E-state index in [1.165, 1.54) is 18.2 Å². The lowest BCUT2D eigenvalue weighted by Crippen LogP contribution is -2.22. The van der Waals surface area contributed by atoms with E-state index in [1.807, 2.05) is 17.5 Å². The number of carbonyl (C=O) groups is 1. The van der Waals surface area contributed by atoms with Crippen molar-refractivity contribution in [2.45, 2.75) is 6.54 Å². The van der Waals surface area contributed by atoms with E-state index in [2.05, 4.69) is 5.32 Å². The van der Waals surface area contributed by atoms with Crippen LogP contribution in [0.15, 0.2) is 35.7 Å². The highest BCUT2D eigenvalue weighted by Crippen LogP contribution is 2.23. The normalized spacial score (nSPS) is 10.2. The van der Waals surface area contributed by atoms with E-state index >= 15 is 0 Å². The maximum absolute atomic E-state index is 11.8. The third-order valence-electron chi connectivity index (χ3n) is 2.21. The SMILES string of the molecule is O=C(NCc1cccs1)c1ccc(O)c(Cl)c1. The van der Waals surface area contributed by atoms with Gasteiger partial charge >= 0.3 is 0 Å². The van der Waals surface area contributed by atoms with Gasteiger partial charge in [-0.2, -0.15) is 0 Å². The van der Waals surface area contributed by atoms with Crippen molar-refractivity contribution in [2.75, 3.05) is 0 Å². The number of phenolic OH excluding ortho intramolecular Hbond substituents is 1. The highest BCUT2D eigenvalue weighted by atomic mass is 35.5. The van der Waals surface area contributed by atoms with Crippen molar-refractivity contribution >= 4 is 28.8 Å². The Bertz CT molecular complexity index is 525. The van der Waals surface area contributed by atoms with E-state index in [-0.39, 0.29) is 16.7 Å². The van der Waals surface area contributed by atoms with E-state index < -0.39 is 0 Å². The minimum Gasteiger partial charge on any atom is -0.506 e. The Hall–Kier alpha value is -1.52. The fourth-order valence-electron chi connectivity index (χ4n) is 1.33. The summed E-state index contributed by atoms with van der Waals surface area (Å²) in [5.41, 5.74) is 0.435. The number of halogens is 1. The summed E-state index contributed by atoms with van der Waals surface area (Å²) in [6, 6.07) is 8.27. The molecular formula is C12H10ClNO2S. The average Bonchev–Trinajstić information content (AvgIpc) is 2.82. The number of carbonyl (C=O) groups excluding carboxylic acids is 1. The van der Waals surface area contributed by atoms with Crippen molar-refractivity contribution in [3.8, 4) is 5.75 Å². The number of nitrogens with one attached hydrogen (secondary N) is 1. The average molecular weight is 268 g/mol. The predicted molar refractivity (Wildman–Crippen MR) is 68.6 cm³/mol. The monoisotopic (exact) mass is 267 g/mol. The second kappa shape index (κ2) is 5.21. The quantitative estimate of drug-likeness (QED) is 0.898. The molecule has 0 aliphatic heterocycles. The van der Waals surface area contributed by atoms with Crippen molar-refractivity contribution in [3.05, 3.63) is 51.2 Å². The number of hydrogen-bond acceptors (Lipinski definition) is 3. The number of aromatic hydroxyl groups is 1. The van der Waals surface area contributed by atoms with Gasteiger partial charge in [-0.05, 0) is 29.6 Å². The molecule has 88 valence electrons. The molecule has 0 radical (unpaired) electrons. The van der Waals surface area contributed by atoms with Crippen LogP contribution in [0.3, 0.4) is 0 Å². The van der Waals surface area contributed by atoms with Crippen molar-refractivity contribution < 1.29 is 9.90 Å². The van der Waals surface area contributed by atoms with Gasteiger partial charge in [0, 0.05) is 10.4 Å². The molecule has 2 rings (SSSR count). The summed E-state index contributed by atoms with van der Waals surface area (Å²) in [5.74, 6) is -0.234. The molecular weight excluding hydrogens is 258 g/mol. The van der Waals surface area contributed by atoms with Gasteiger partial charge in [-0.15, -0.1) is 11.3 Å². The Kier molecular flexibility index (Phi) is 3.66. The van der Waals surface area contributed by atoms with Crippen molar-refractivity contribution in [2.24, 2.45) is 0 Å². The highest BCUT2D eigenvalue weighted by Gasteiger charge is 2.08. The minimum absolute atomic E-state index is 0.0264. The predicted octanol–water partition coefficient (Wildman–Crippen LogP) is 3.04. The molecule has 1 aromatic heterocycles. The van der Waals surface area contributed by atoms with E-state index in [1.54, 1.807) is 11.3 Å². The molecule has 1 aromatic carbocycles. The summed E-state index contributed by atoms with van der Waals surface area (Å²) in [6.07, 6.45) is 0. The summed E-state index contributed by atoms with van der Waals surface area (Å²) in [5, 5.41) is 14.2. The third kappa shape index (κ3) is 2.99. The van der Waals surface area contributed by atoms with Gasteiger partial charge in [0.25, 0.3) is 5.91 Å². The highest BCUT2D eigenvalue weighted by molar-refractivity contribution is 7.09. The van der Waals surface area contributed by atoms with Crippen molar-refractivity contribution in [3.63, 3.8) is 0 Å². The van der Waals surface area contributed by atoms with Gasteiger partial charge in [-0.3, -0.25) is 4.79 Å². The van der Waals surface area contributed by atoms with Crippen LogP contribution in [0.25, 0.3) is 0 Å². The third-order valence-corrected chi connectivity index (χ3v) is 3.39. The molecule has 1 heterocycles. The van der Waals surface area contributed by atoms with Crippen LogP contribution in [0.2, 0.25) is 5.02 Å². The van der Waals surface area contributed by atoms with Gasteiger partial charge in [0.15, 0.2) is 0 Å². The van der Waals surface area contributed by atoms with Gasteiger partial charge in [0.2, 0.25) is 0 Å². The van der Waals surface area contributed by atoms with Crippen LogP contribution in [0.1, 0.15) is 15.2 Å². The van der Waals surface area contributed by atoms with E-state index in [0.29, 0.717) is 12.1 Å². The van der Waals surface area contributed by atoms with E-state index in [0.717, 1.165) is 4.88 Å². The molecule has 2 N–H and O–H groups in total. The first kappa shape index (κ1) is 12.0. The summed E-state index contributed by atoms with van der Waals surface area (Å²) in [6.45, 7) is 0.495. The lowest BCUT2D eigenvalue weighted by molar-refractivity contribution is 0.0951. The molecule has 1 amide bonds. The van der Waals surface area contributed by atoms with Gasteiger partial charge in [-0.25, -0.2) is 0 Å². The Balaban J connectivity index is 2.02. The molecule has 17 heavy (non-hydrogen) atoms. The number of rotatable bonds is 3.